The van der Waals surface area contributed by atoms with Gasteiger partial charge in [-0.1, -0.05) is 18.2 Å². The van der Waals surface area contributed by atoms with Crippen molar-refractivity contribution in [1.82, 2.24) is 4.90 Å². The maximum absolute atomic E-state index is 11.9. The number of rotatable bonds is 3. The molecule has 1 aliphatic heterocycles. The highest BCUT2D eigenvalue weighted by molar-refractivity contribution is 5.93. The van der Waals surface area contributed by atoms with Gasteiger partial charge < -0.3 is 10.4 Å². The maximum atomic E-state index is 11.9. The average molecular weight is 248 g/mol. The van der Waals surface area contributed by atoms with Crippen molar-refractivity contribution in [2.45, 2.75) is 26.4 Å². The Labute approximate surface area is 108 Å². The van der Waals surface area contributed by atoms with Crippen molar-refractivity contribution >= 4 is 11.6 Å². The van der Waals surface area contributed by atoms with Gasteiger partial charge in [-0.3, -0.25) is 9.69 Å². The van der Waals surface area contributed by atoms with Crippen LogP contribution >= 0.6 is 0 Å². The molecule has 1 unspecified atom stereocenters. The number of benzene rings is 1. The Morgan fingerprint density at radius 1 is 1.44 bits per heavy atom. The predicted molar refractivity (Wildman–Crippen MR) is 71.6 cm³/mol. The molecule has 0 spiro atoms. The fourth-order valence-electron chi connectivity index (χ4n) is 2.35. The third kappa shape index (κ3) is 3.09. The molecule has 1 aromatic rings. The zero-order chi connectivity index (χ0) is 13.1. The molecule has 98 valence electrons. The summed E-state index contributed by atoms with van der Waals surface area (Å²) < 4.78 is 0. The summed E-state index contributed by atoms with van der Waals surface area (Å²) in [6.07, 6.45) is 0.481. The maximum Gasteiger partial charge on any atom is 0.238 e. The largest absolute Gasteiger partial charge is 0.392 e. The third-order valence-corrected chi connectivity index (χ3v) is 3.36. The number of aryl methyl sites for hydroxylation is 2. The van der Waals surface area contributed by atoms with Crippen molar-refractivity contribution in [3.8, 4) is 0 Å². The lowest BCUT2D eigenvalue weighted by Gasteiger charge is -2.16. The van der Waals surface area contributed by atoms with Crippen LogP contribution in [0.25, 0.3) is 0 Å². The van der Waals surface area contributed by atoms with Gasteiger partial charge in [-0.2, -0.15) is 0 Å². The van der Waals surface area contributed by atoms with E-state index in [4.69, 9.17) is 0 Å². The van der Waals surface area contributed by atoms with Crippen LogP contribution in [0.2, 0.25) is 0 Å². The monoisotopic (exact) mass is 248 g/mol. The van der Waals surface area contributed by atoms with Crippen molar-refractivity contribution in [1.29, 1.82) is 0 Å². The summed E-state index contributed by atoms with van der Waals surface area (Å²) in [5.41, 5.74) is 3.05. The van der Waals surface area contributed by atoms with Crippen molar-refractivity contribution in [3.05, 3.63) is 29.3 Å². The van der Waals surface area contributed by atoms with Gasteiger partial charge in [0.25, 0.3) is 0 Å². The number of amides is 1. The van der Waals surface area contributed by atoms with Crippen molar-refractivity contribution in [2.75, 3.05) is 25.0 Å². The summed E-state index contributed by atoms with van der Waals surface area (Å²) in [6, 6.07) is 5.96. The molecule has 2 N–H and O–H groups in total. The second kappa shape index (κ2) is 5.50. The minimum Gasteiger partial charge on any atom is -0.392 e. The molecule has 4 nitrogen and oxygen atoms in total. The van der Waals surface area contributed by atoms with Gasteiger partial charge >= 0.3 is 0 Å². The molecule has 1 aliphatic rings. The summed E-state index contributed by atoms with van der Waals surface area (Å²) in [6.45, 7) is 5.72. The summed E-state index contributed by atoms with van der Waals surface area (Å²) in [7, 11) is 0. The molecule has 1 saturated heterocycles. The van der Waals surface area contributed by atoms with E-state index in [1.54, 1.807) is 0 Å². The van der Waals surface area contributed by atoms with E-state index in [1.165, 1.54) is 0 Å². The molecule has 2 rings (SSSR count). The van der Waals surface area contributed by atoms with Gasteiger partial charge in [-0.15, -0.1) is 0 Å². The topological polar surface area (TPSA) is 52.6 Å². The van der Waals surface area contributed by atoms with E-state index in [1.807, 2.05) is 36.9 Å². The van der Waals surface area contributed by atoms with E-state index >= 15 is 0 Å². The average Bonchev–Trinajstić information content (AvgIpc) is 2.69. The van der Waals surface area contributed by atoms with E-state index in [9.17, 15) is 9.90 Å². The highest BCUT2D eigenvalue weighted by Crippen LogP contribution is 2.19. The molecule has 1 fully saturated rings. The molecule has 0 aromatic heterocycles. The molecule has 1 atom stereocenters. The van der Waals surface area contributed by atoms with Gasteiger partial charge in [-0.05, 0) is 31.4 Å². The van der Waals surface area contributed by atoms with Gasteiger partial charge in [-0.25, -0.2) is 0 Å². The first kappa shape index (κ1) is 13.1. The molecule has 0 radical (unpaired) electrons. The number of nitrogens with one attached hydrogen (secondary N) is 1. The molecule has 1 heterocycles. The third-order valence-electron chi connectivity index (χ3n) is 3.36. The number of carbonyl (C=O) groups is 1. The lowest BCUT2D eigenvalue weighted by molar-refractivity contribution is -0.117. The van der Waals surface area contributed by atoms with Crippen LogP contribution < -0.4 is 5.32 Å². The van der Waals surface area contributed by atoms with E-state index in [0.717, 1.165) is 29.8 Å². The second-order valence-corrected chi connectivity index (χ2v) is 4.99. The van der Waals surface area contributed by atoms with Gasteiger partial charge in [0, 0.05) is 18.8 Å². The molecule has 1 amide bonds. The SMILES string of the molecule is Cc1cccc(C)c1NC(=O)CN1CCC(O)C1. The van der Waals surface area contributed by atoms with E-state index in [2.05, 4.69) is 5.32 Å². The molecule has 18 heavy (non-hydrogen) atoms. The Balaban J connectivity index is 1.95. The molecule has 0 bridgehead atoms. The molecule has 1 aromatic carbocycles. The molecular formula is C14H20N2O2. The summed E-state index contributed by atoms with van der Waals surface area (Å²) in [4.78, 5) is 13.9. The summed E-state index contributed by atoms with van der Waals surface area (Å²) in [5.74, 6) is -0.0125. The molecule has 0 aliphatic carbocycles. The van der Waals surface area contributed by atoms with E-state index in [0.29, 0.717) is 13.1 Å². The Bertz CT molecular complexity index is 425. The normalized spacial score (nSPS) is 20.1. The molecule has 0 saturated carbocycles. The van der Waals surface area contributed by atoms with Gasteiger partial charge in [0.1, 0.15) is 0 Å². The fourth-order valence-corrected chi connectivity index (χ4v) is 2.35. The van der Waals surface area contributed by atoms with Gasteiger partial charge in [0.15, 0.2) is 0 Å². The number of aliphatic hydroxyl groups excluding tert-OH is 1. The van der Waals surface area contributed by atoms with Crippen LogP contribution in [0.5, 0.6) is 0 Å². The number of nitrogens with zero attached hydrogens (tertiary/aromatic N) is 1. The Kier molecular flexibility index (Phi) is 3.99. The first-order valence-corrected chi connectivity index (χ1v) is 6.33. The Morgan fingerprint density at radius 2 is 2.11 bits per heavy atom. The van der Waals surface area contributed by atoms with Crippen LogP contribution in [-0.2, 0) is 4.79 Å². The highest BCUT2D eigenvalue weighted by atomic mass is 16.3. The minimum absolute atomic E-state index is 0.0125. The smallest absolute Gasteiger partial charge is 0.238 e. The van der Waals surface area contributed by atoms with Crippen molar-refractivity contribution in [2.24, 2.45) is 0 Å². The summed E-state index contributed by atoms with van der Waals surface area (Å²) >= 11 is 0. The van der Waals surface area contributed by atoms with Crippen LogP contribution in [0.3, 0.4) is 0 Å². The fraction of sp³-hybridized carbons (Fsp3) is 0.500. The van der Waals surface area contributed by atoms with E-state index < -0.39 is 0 Å². The number of hydrogen-bond donors (Lipinski definition) is 2. The Hall–Kier alpha value is -1.39. The van der Waals surface area contributed by atoms with Gasteiger partial charge in [0.05, 0.1) is 12.6 Å². The summed E-state index contributed by atoms with van der Waals surface area (Å²) in [5, 5.41) is 12.4. The van der Waals surface area contributed by atoms with Crippen LogP contribution in [0.1, 0.15) is 17.5 Å². The number of likely N-dealkylation sites (tertiary alicyclic amines) is 1. The number of aliphatic hydroxyl groups is 1. The zero-order valence-corrected chi connectivity index (χ0v) is 10.9. The van der Waals surface area contributed by atoms with Crippen LogP contribution in [0.4, 0.5) is 5.69 Å². The number of para-hydroxylation sites is 1. The number of hydrogen-bond acceptors (Lipinski definition) is 3. The number of β-amino-alcohol motifs (C(OH)–C–C–N with tert-alkyl or cyclic N) is 1. The van der Waals surface area contributed by atoms with Crippen molar-refractivity contribution < 1.29 is 9.90 Å². The lowest BCUT2D eigenvalue weighted by atomic mass is 10.1. The first-order chi connectivity index (χ1) is 8.56. The van der Waals surface area contributed by atoms with Crippen LogP contribution in [-0.4, -0.2) is 41.7 Å². The quantitative estimate of drug-likeness (QED) is 0.848. The molecular weight excluding hydrogens is 228 g/mol. The minimum atomic E-state index is -0.280. The predicted octanol–water partition coefficient (Wildman–Crippen LogP) is 1.31. The lowest BCUT2D eigenvalue weighted by Crippen LogP contribution is -2.32. The standard InChI is InChI=1S/C14H20N2O2/c1-10-4-3-5-11(2)14(10)15-13(18)9-16-7-6-12(17)8-16/h3-5,12,17H,6-9H2,1-2H3,(H,15,18). The first-order valence-electron chi connectivity index (χ1n) is 6.33. The highest BCUT2D eigenvalue weighted by Gasteiger charge is 2.22. The van der Waals surface area contributed by atoms with E-state index in [-0.39, 0.29) is 12.0 Å². The second-order valence-electron chi connectivity index (χ2n) is 4.99. The van der Waals surface area contributed by atoms with Crippen molar-refractivity contribution in [3.63, 3.8) is 0 Å². The number of carbonyl (C=O) groups excluding carboxylic acids is 1. The molecule has 4 heteroatoms. The van der Waals surface area contributed by atoms with Gasteiger partial charge in [0.2, 0.25) is 5.91 Å². The van der Waals surface area contributed by atoms with Crippen LogP contribution in [0.15, 0.2) is 18.2 Å². The van der Waals surface area contributed by atoms with Crippen LogP contribution in [0, 0.1) is 13.8 Å². The Morgan fingerprint density at radius 3 is 2.67 bits per heavy atom. The number of anilines is 1. The zero-order valence-electron chi connectivity index (χ0n) is 10.9.